The molecule has 1 atom stereocenters. The molecular weight excluding hydrogens is 202 g/mol. The van der Waals surface area contributed by atoms with E-state index >= 15 is 0 Å². The van der Waals surface area contributed by atoms with Crippen LogP contribution in [-0.2, 0) is 9.59 Å². The first-order valence-electron chi connectivity index (χ1n) is 4.61. The molecule has 1 fully saturated rings. The van der Waals surface area contributed by atoms with Crippen LogP contribution in [0.2, 0.25) is 0 Å². The Hall–Kier alpha value is -0.550. The molecule has 0 aliphatic carbocycles. The molecular formula is C9H15NO3S. The molecule has 14 heavy (non-hydrogen) atoms. The quantitative estimate of drug-likeness (QED) is 0.681. The molecule has 2 amide bonds. The second kappa shape index (κ2) is 4.79. The second-order valence-corrected chi connectivity index (χ2v) is 4.69. The lowest BCUT2D eigenvalue weighted by molar-refractivity contribution is -0.144. The molecule has 0 bridgehead atoms. The Morgan fingerprint density at radius 1 is 1.36 bits per heavy atom. The molecule has 0 spiro atoms. The number of nitrogens with zero attached hydrogens (tertiary/aromatic N) is 1. The number of aliphatic hydroxyl groups is 1. The van der Waals surface area contributed by atoms with E-state index < -0.39 is 6.10 Å². The van der Waals surface area contributed by atoms with Crippen molar-refractivity contribution in [2.24, 2.45) is 5.92 Å². The van der Waals surface area contributed by atoms with Crippen LogP contribution in [0.4, 0.5) is 0 Å². The molecule has 1 heterocycles. The number of carbonyl (C=O) groups excluding carboxylic acids is 2. The molecule has 4 nitrogen and oxygen atoms in total. The predicted molar refractivity (Wildman–Crippen MR) is 54.9 cm³/mol. The number of carbonyl (C=O) groups is 2. The van der Waals surface area contributed by atoms with Crippen LogP contribution >= 0.6 is 11.8 Å². The molecule has 1 rings (SSSR count). The summed E-state index contributed by atoms with van der Waals surface area (Å²) in [7, 11) is 0. The van der Waals surface area contributed by atoms with Gasteiger partial charge in [0, 0.05) is 0 Å². The minimum Gasteiger partial charge on any atom is -0.391 e. The van der Waals surface area contributed by atoms with Gasteiger partial charge in [0.25, 0.3) is 0 Å². The van der Waals surface area contributed by atoms with E-state index in [-0.39, 0.29) is 24.3 Å². The number of β-amino-alcohol motifs (C(OH)–C–C–N with tert-alkyl or cyclic N) is 1. The molecule has 1 aliphatic rings. The molecule has 0 aromatic rings. The number of hydrogen-bond donors (Lipinski definition) is 1. The van der Waals surface area contributed by atoms with E-state index in [1.54, 1.807) is 0 Å². The first-order valence-corrected chi connectivity index (χ1v) is 5.77. The zero-order valence-corrected chi connectivity index (χ0v) is 9.21. The molecule has 80 valence electrons. The van der Waals surface area contributed by atoms with Gasteiger partial charge in [0.05, 0.1) is 24.2 Å². The van der Waals surface area contributed by atoms with Crippen molar-refractivity contribution in [3.8, 4) is 0 Å². The highest BCUT2D eigenvalue weighted by molar-refractivity contribution is 8.00. The van der Waals surface area contributed by atoms with E-state index in [1.165, 1.54) is 16.7 Å². The van der Waals surface area contributed by atoms with Gasteiger partial charge in [0.2, 0.25) is 11.8 Å². The zero-order valence-electron chi connectivity index (χ0n) is 8.40. The molecule has 0 aromatic carbocycles. The fourth-order valence-electron chi connectivity index (χ4n) is 1.12. The van der Waals surface area contributed by atoms with Crippen molar-refractivity contribution in [1.82, 2.24) is 4.90 Å². The molecule has 1 N–H and O–H groups in total. The number of thioether (sulfide) groups is 1. The molecule has 0 saturated carbocycles. The third-order valence-corrected chi connectivity index (χ3v) is 3.09. The summed E-state index contributed by atoms with van der Waals surface area (Å²) in [5.41, 5.74) is 0. The third-order valence-electron chi connectivity index (χ3n) is 2.19. The van der Waals surface area contributed by atoms with Gasteiger partial charge in [-0.2, -0.15) is 0 Å². The summed E-state index contributed by atoms with van der Waals surface area (Å²) in [6.45, 7) is 3.85. The van der Waals surface area contributed by atoms with Crippen molar-refractivity contribution in [2.75, 3.05) is 18.1 Å². The second-order valence-electron chi connectivity index (χ2n) is 3.70. The summed E-state index contributed by atoms with van der Waals surface area (Å²) in [5, 5.41) is 9.56. The lowest BCUT2D eigenvalue weighted by Crippen LogP contribution is -2.47. The van der Waals surface area contributed by atoms with Crippen LogP contribution in [0.3, 0.4) is 0 Å². The summed E-state index contributed by atoms with van der Waals surface area (Å²) in [5.74, 6) is 0.370. The fraction of sp³-hybridized carbons (Fsp3) is 0.778. The Bertz CT molecular complexity index is 226. The molecule has 1 saturated heterocycles. The van der Waals surface area contributed by atoms with Gasteiger partial charge < -0.3 is 5.11 Å². The number of aliphatic hydroxyl groups excluding tert-OH is 1. The van der Waals surface area contributed by atoms with Crippen LogP contribution in [0.5, 0.6) is 0 Å². The molecule has 0 aromatic heterocycles. The molecule has 0 radical (unpaired) electrons. The summed E-state index contributed by atoms with van der Waals surface area (Å²) >= 11 is 1.33. The molecule has 1 unspecified atom stereocenters. The monoisotopic (exact) mass is 217 g/mol. The summed E-state index contributed by atoms with van der Waals surface area (Å²) in [6, 6.07) is 0. The summed E-state index contributed by atoms with van der Waals surface area (Å²) in [4.78, 5) is 23.8. The minimum atomic E-state index is -0.619. The van der Waals surface area contributed by atoms with Crippen molar-refractivity contribution in [1.29, 1.82) is 0 Å². The minimum absolute atomic E-state index is 0.0604. The maximum Gasteiger partial charge on any atom is 0.239 e. The first kappa shape index (κ1) is 11.5. The third kappa shape index (κ3) is 2.72. The van der Waals surface area contributed by atoms with E-state index in [1.807, 2.05) is 13.8 Å². The van der Waals surface area contributed by atoms with Crippen LogP contribution in [0, 0.1) is 5.92 Å². The number of hydrogen-bond acceptors (Lipinski definition) is 4. The van der Waals surface area contributed by atoms with E-state index in [0.717, 1.165) is 0 Å². The van der Waals surface area contributed by atoms with Crippen LogP contribution in [-0.4, -0.2) is 46.0 Å². The predicted octanol–water partition coefficient (Wildman–Crippen LogP) is 0.105. The van der Waals surface area contributed by atoms with Crippen molar-refractivity contribution in [3.05, 3.63) is 0 Å². The van der Waals surface area contributed by atoms with E-state index in [2.05, 4.69) is 0 Å². The highest BCUT2D eigenvalue weighted by Gasteiger charge is 2.28. The van der Waals surface area contributed by atoms with Gasteiger partial charge in [-0.05, 0) is 5.92 Å². The van der Waals surface area contributed by atoms with Crippen LogP contribution in [0.25, 0.3) is 0 Å². The molecule has 5 heteroatoms. The largest absolute Gasteiger partial charge is 0.391 e. The van der Waals surface area contributed by atoms with Crippen molar-refractivity contribution in [2.45, 2.75) is 20.0 Å². The highest BCUT2D eigenvalue weighted by Crippen LogP contribution is 2.14. The van der Waals surface area contributed by atoms with Crippen LogP contribution < -0.4 is 0 Å². The average Bonchev–Trinajstić information content (AvgIpc) is 2.11. The summed E-state index contributed by atoms with van der Waals surface area (Å²) < 4.78 is 0. The Morgan fingerprint density at radius 2 is 1.86 bits per heavy atom. The standard InChI is InChI=1S/C9H15NO3S/c1-6(2)7(11)3-10-8(12)4-14-5-9(10)13/h6-7,11H,3-5H2,1-2H3. The normalized spacial score (nSPS) is 20.4. The Morgan fingerprint density at radius 3 is 2.29 bits per heavy atom. The molecule has 1 aliphatic heterocycles. The van der Waals surface area contributed by atoms with Gasteiger partial charge >= 0.3 is 0 Å². The smallest absolute Gasteiger partial charge is 0.239 e. The average molecular weight is 217 g/mol. The van der Waals surface area contributed by atoms with E-state index in [9.17, 15) is 14.7 Å². The number of imide groups is 1. The fourth-order valence-corrected chi connectivity index (χ4v) is 1.89. The van der Waals surface area contributed by atoms with Gasteiger partial charge in [-0.15, -0.1) is 11.8 Å². The SMILES string of the molecule is CC(C)C(O)CN1C(=O)CSCC1=O. The van der Waals surface area contributed by atoms with Gasteiger partial charge in [0.1, 0.15) is 0 Å². The van der Waals surface area contributed by atoms with Gasteiger partial charge in [-0.1, -0.05) is 13.8 Å². The number of amides is 2. The van der Waals surface area contributed by atoms with E-state index in [0.29, 0.717) is 11.5 Å². The van der Waals surface area contributed by atoms with Crippen molar-refractivity contribution < 1.29 is 14.7 Å². The highest BCUT2D eigenvalue weighted by atomic mass is 32.2. The van der Waals surface area contributed by atoms with E-state index in [4.69, 9.17) is 0 Å². The van der Waals surface area contributed by atoms with Crippen LogP contribution in [0.15, 0.2) is 0 Å². The Kier molecular flexibility index (Phi) is 3.95. The van der Waals surface area contributed by atoms with Gasteiger partial charge in [-0.25, -0.2) is 0 Å². The lowest BCUT2D eigenvalue weighted by atomic mass is 10.1. The van der Waals surface area contributed by atoms with Crippen molar-refractivity contribution in [3.63, 3.8) is 0 Å². The first-order chi connectivity index (χ1) is 6.52. The Labute approximate surface area is 87.7 Å². The summed E-state index contributed by atoms with van der Waals surface area (Å²) in [6.07, 6.45) is -0.619. The number of rotatable bonds is 3. The van der Waals surface area contributed by atoms with Gasteiger partial charge in [-0.3, -0.25) is 14.5 Å². The topological polar surface area (TPSA) is 57.6 Å². The van der Waals surface area contributed by atoms with Crippen molar-refractivity contribution >= 4 is 23.6 Å². The van der Waals surface area contributed by atoms with Gasteiger partial charge in [0.15, 0.2) is 0 Å². The lowest BCUT2D eigenvalue weighted by Gasteiger charge is -2.27. The Balaban J connectivity index is 2.56. The zero-order chi connectivity index (χ0) is 10.7. The maximum atomic E-state index is 11.3. The maximum absolute atomic E-state index is 11.3. The van der Waals surface area contributed by atoms with Crippen LogP contribution in [0.1, 0.15) is 13.8 Å².